The molecular weight excluding hydrogens is 470 g/mol. The van der Waals surface area contributed by atoms with Gasteiger partial charge in [0.15, 0.2) is 11.5 Å². The summed E-state index contributed by atoms with van der Waals surface area (Å²) in [6, 6.07) is 8.49. The summed E-state index contributed by atoms with van der Waals surface area (Å²) in [4.78, 5) is 37.3. The van der Waals surface area contributed by atoms with Crippen molar-refractivity contribution >= 4 is 33.6 Å². The Hall–Kier alpha value is -3.14. The van der Waals surface area contributed by atoms with Gasteiger partial charge < -0.3 is 14.8 Å². The third-order valence-corrected chi connectivity index (χ3v) is 5.71. The summed E-state index contributed by atoms with van der Waals surface area (Å²) in [7, 11) is 0. The molecule has 0 aliphatic carbocycles. The molecule has 3 rings (SSSR count). The number of nitro groups is 1. The number of rotatable bonds is 8. The molecule has 0 saturated carbocycles. The molecule has 0 radical (unpaired) electrons. The predicted molar refractivity (Wildman–Crippen MR) is 116 cm³/mol. The topological polar surface area (TPSA) is 111 Å². The minimum Gasteiger partial charge on any atom is -0.490 e. The molecule has 9 nitrogen and oxygen atoms in total. The molecule has 2 aromatic rings. The van der Waals surface area contributed by atoms with Gasteiger partial charge in [-0.2, -0.15) is 0 Å². The highest BCUT2D eigenvalue weighted by molar-refractivity contribution is 9.10. The van der Waals surface area contributed by atoms with Gasteiger partial charge >= 0.3 is 6.03 Å². The molecule has 1 aliphatic rings. The van der Waals surface area contributed by atoms with Crippen molar-refractivity contribution in [2.75, 3.05) is 13.2 Å². The number of carbonyl (C=O) groups is 2. The molecule has 1 saturated heterocycles. The zero-order valence-electron chi connectivity index (χ0n) is 17.3. The summed E-state index contributed by atoms with van der Waals surface area (Å²) in [5.74, 6) is 0.630. The van der Waals surface area contributed by atoms with Crippen molar-refractivity contribution in [2.24, 2.45) is 0 Å². The number of nitrogens with zero attached hydrogens (tertiary/aromatic N) is 2. The molecule has 1 fully saturated rings. The quantitative estimate of drug-likeness (QED) is 0.337. The number of benzene rings is 2. The van der Waals surface area contributed by atoms with Crippen LogP contribution in [0.2, 0.25) is 0 Å². The van der Waals surface area contributed by atoms with Crippen molar-refractivity contribution in [1.29, 1.82) is 0 Å². The predicted octanol–water partition coefficient (Wildman–Crippen LogP) is 4.12. The van der Waals surface area contributed by atoms with Gasteiger partial charge in [-0.05, 0) is 56.2 Å². The van der Waals surface area contributed by atoms with Gasteiger partial charge in [-0.25, -0.2) is 4.79 Å². The minimum atomic E-state index is -1.33. The number of urea groups is 1. The fourth-order valence-corrected chi connectivity index (χ4v) is 3.81. The lowest BCUT2D eigenvalue weighted by Gasteiger charge is -2.22. The summed E-state index contributed by atoms with van der Waals surface area (Å²) < 4.78 is 11.9. The monoisotopic (exact) mass is 491 g/mol. The zero-order valence-corrected chi connectivity index (χ0v) is 18.9. The van der Waals surface area contributed by atoms with E-state index in [0.29, 0.717) is 40.3 Å². The van der Waals surface area contributed by atoms with Gasteiger partial charge in [-0.1, -0.05) is 15.9 Å². The van der Waals surface area contributed by atoms with Gasteiger partial charge in [-0.15, -0.1) is 0 Å². The standard InChI is InChI=1S/C21H22BrN3O6/c1-4-30-17-10-13(16(22)11-18(17)31-5-2)12-24-19(26)21(3,23-20(24)27)14-6-8-15(9-7-14)25(28)29/h6-11H,4-5,12H2,1-3H3,(H,23,27)/t21-/m0/s1. The average Bonchev–Trinajstić information content (AvgIpc) is 2.95. The number of ether oxygens (including phenoxy) is 2. The van der Waals surface area contributed by atoms with Gasteiger partial charge in [0.2, 0.25) is 0 Å². The highest BCUT2D eigenvalue weighted by Crippen LogP contribution is 2.36. The first-order valence-electron chi connectivity index (χ1n) is 9.68. The summed E-state index contributed by atoms with van der Waals surface area (Å²) in [6.45, 7) is 6.21. The fraction of sp³-hybridized carbons (Fsp3) is 0.333. The van der Waals surface area contributed by atoms with E-state index < -0.39 is 22.4 Å². The SMILES string of the molecule is CCOc1cc(Br)c(CN2C(=O)N[C@@](C)(c3ccc([N+](=O)[O-])cc3)C2=O)cc1OCC. The van der Waals surface area contributed by atoms with E-state index in [1.807, 2.05) is 13.8 Å². The van der Waals surface area contributed by atoms with Crippen LogP contribution in [0, 0.1) is 10.1 Å². The van der Waals surface area contributed by atoms with E-state index in [1.54, 1.807) is 19.1 Å². The van der Waals surface area contributed by atoms with E-state index in [2.05, 4.69) is 21.2 Å². The third kappa shape index (κ3) is 4.34. The number of hydrogen-bond donors (Lipinski definition) is 1. The smallest absolute Gasteiger partial charge is 0.325 e. The van der Waals surface area contributed by atoms with Gasteiger partial charge in [0, 0.05) is 16.6 Å². The van der Waals surface area contributed by atoms with Crippen LogP contribution in [0.15, 0.2) is 40.9 Å². The molecule has 0 aromatic heterocycles. The maximum atomic E-state index is 13.2. The van der Waals surface area contributed by atoms with E-state index in [-0.39, 0.29) is 12.2 Å². The normalized spacial score (nSPS) is 18.1. The second-order valence-corrected chi connectivity index (χ2v) is 7.86. The first-order chi connectivity index (χ1) is 14.7. The van der Waals surface area contributed by atoms with Crippen molar-refractivity contribution in [3.05, 3.63) is 62.1 Å². The number of imide groups is 1. The maximum absolute atomic E-state index is 13.2. The van der Waals surface area contributed by atoms with Crippen LogP contribution in [0.3, 0.4) is 0 Å². The zero-order chi connectivity index (χ0) is 22.8. The Morgan fingerprint density at radius 1 is 1.10 bits per heavy atom. The highest BCUT2D eigenvalue weighted by atomic mass is 79.9. The summed E-state index contributed by atoms with van der Waals surface area (Å²) in [6.07, 6.45) is 0. The van der Waals surface area contributed by atoms with Crippen LogP contribution in [0.4, 0.5) is 10.5 Å². The first kappa shape index (κ1) is 22.5. The molecule has 0 bridgehead atoms. The Balaban J connectivity index is 1.89. The number of carbonyl (C=O) groups excluding carboxylic acids is 2. The summed E-state index contributed by atoms with van der Waals surface area (Å²) in [5, 5.41) is 13.6. The number of non-ortho nitro benzene ring substituents is 1. The molecule has 0 unspecified atom stereocenters. The van der Waals surface area contributed by atoms with Crippen LogP contribution in [0.25, 0.3) is 0 Å². The Morgan fingerprint density at radius 2 is 1.68 bits per heavy atom. The minimum absolute atomic E-state index is 0.0142. The van der Waals surface area contributed by atoms with Gasteiger partial charge in [0.1, 0.15) is 5.54 Å². The largest absolute Gasteiger partial charge is 0.490 e. The van der Waals surface area contributed by atoms with E-state index in [0.717, 1.165) is 4.90 Å². The van der Waals surface area contributed by atoms with Crippen LogP contribution in [-0.2, 0) is 16.9 Å². The van der Waals surface area contributed by atoms with E-state index in [4.69, 9.17) is 9.47 Å². The Labute approximate surface area is 187 Å². The van der Waals surface area contributed by atoms with Crippen molar-refractivity contribution in [2.45, 2.75) is 32.9 Å². The Kier molecular flexibility index (Phi) is 6.49. The molecule has 31 heavy (non-hydrogen) atoms. The number of hydrogen-bond acceptors (Lipinski definition) is 6. The van der Waals surface area contributed by atoms with Crippen LogP contribution in [0.1, 0.15) is 31.9 Å². The molecule has 10 heteroatoms. The maximum Gasteiger partial charge on any atom is 0.325 e. The first-order valence-corrected chi connectivity index (χ1v) is 10.5. The fourth-order valence-electron chi connectivity index (χ4n) is 3.36. The molecule has 2 aromatic carbocycles. The lowest BCUT2D eigenvalue weighted by Crippen LogP contribution is -2.40. The number of nitrogens with one attached hydrogen (secondary N) is 1. The Bertz CT molecular complexity index is 1030. The third-order valence-electron chi connectivity index (χ3n) is 4.97. The molecule has 0 spiro atoms. The summed E-state index contributed by atoms with van der Waals surface area (Å²) >= 11 is 3.48. The van der Waals surface area contributed by atoms with Crippen molar-refractivity contribution < 1.29 is 24.0 Å². The van der Waals surface area contributed by atoms with Crippen LogP contribution in [-0.4, -0.2) is 35.0 Å². The molecule has 1 atom stereocenters. The lowest BCUT2D eigenvalue weighted by molar-refractivity contribution is -0.384. The van der Waals surface area contributed by atoms with Gasteiger partial charge in [0.05, 0.1) is 24.7 Å². The van der Waals surface area contributed by atoms with E-state index in [9.17, 15) is 19.7 Å². The van der Waals surface area contributed by atoms with Crippen molar-refractivity contribution in [3.8, 4) is 11.5 Å². The number of halogens is 1. The van der Waals surface area contributed by atoms with Crippen LogP contribution >= 0.6 is 15.9 Å². The molecule has 1 N–H and O–H groups in total. The average molecular weight is 492 g/mol. The highest BCUT2D eigenvalue weighted by Gasteiger charge is 2.49. The lowest BCUT2D eigenvalue weighted by atomic mass is 9.92. The molecular formula is C21H22BrN3O6. The molecule has 3 amide bonds. The van der Waals surface area contributed by atoms with Crippen molar-refractivity contribution in [1.82, 2.24) is 10.2 Å². The van der Waals surface area contributed by atoms with E-state index in [1.165, 1.54) is 24.3 Å². The van der Waals surface area contributed by atoms with Crippen LogP contribution in [0.5, 0.6) is 11.5 Å². The van der Waals surface area contributed by atoms with Gasteiger partial charge in [0.25, 0.3) is 11.6 Å². The number of amides is 3. The molecule has 1 aliphatic heterocycles. The molecule has 1 heterocycles. The molecule has 164 valence electrons. The van der Waals surface area contributed by atoms with Gasteiger partial charge in [-0.3, -0.25) is 19.8 Å². The number of nitro benzene ring substituents is 1. The van der Waals surface area contributed by atoms with E-state index >= 15 is 0 Å². The Morgan fingerprint density at radius 3 is 2.23 bits per heavy atom. The summed E-state index contributed by atoms with van der Waals surface area (Å²) in [5.41, 5.74) is -0.294. The second kappa shape index (κ2) is 8.93. The second-order valence-electron chi connectivity index (χ2n) is 7.01. The van der Waals surface area contributed by atoms with Crippen LogP contribution < -0.4 is 14.8 Å². The van der Waals surface area contributed by atoms with Crippen molar-refractivity contribution in [3.63, 3.8) is 0 Å².